The Balaban J connectivity index is 2.08. The summed E-state index contributed by atoms with van der Waals surface area (Å²) in [7, 11) is 1.71. The number of rotatable bonds is 4. The van der Waals surface area contributed by atoms with Crippen LogP contribution in [0.15, 0.2) is 0 Å². The van der Waals surface area contributed by atoms with Gasteiger partial charge in [0.2, 0.25) is 5.91 Å². The molecule has 0 saturated heterocycles. The van der Waals surface area contributed by atoms with Crippen LogP contribution in [0.2, 0.25) is 0 Å². The third-order valence-corrected chi connectivity index (χ3v) is 5.33. The first-order chi connectivity index (χ1) is 9.60. The van der Waals surface area contributed by atoms with Crippen molar-refractivity contribution in [2.75, 3.05) is 7.11 Å². The number of nitrogens with one attached hydrogen (secondary N) is 1. The molecule has 2 aliphatic rings. The molecule has 114 valence electrons. The molecule has 1 amide bonds. The molecule has 2 unspecified atom stereocenters. The Kier molecular flexibility index (Phi) is 5.38. The molecule has 0 aromatic heterocycles. The number of amides is 1. The predicted octanol–water partition coefficient (Wildman–Crippen LogP) is 2.30. The second kappa shape index (κ2) is 6.85. The van der Waals surface area contributed by atoms with Crippen LogP contribution in [0.4, 0.5) is 0 Å². The molecule has 0 spiro atoms. The minimum Gasteiger partial charge on any atom is -0.392 e. The lowest BCUT2D eigenvalue weighted by Crippen LogP contribution is -2.53. The second-order valence-electron chi connectivity index (χ2n) is 6.15. The third kappa shape index (κ3) is 3.14. The lowest BCUT2D eigenvalue weighted by molar-refractivity contribution is -0.129. The zero-order valence-electron chi connectivity index (χ0n) is 12.3. The quantitative estimate of drug-likeness (QED) is 0.617. The Morgan fingerprint density at radius 2 is 1.85 bits per heavy atom. The summed E-state index contributed by atoms with van der Waals surface area (Å²) < 4.78 is 5.45. The maximum atomic E-state index is 12.8. The first kappa shape index (κ1) is 15.7. The number of carbonyl (C=O) groups excluding carboxylic acids is 1. The first-order valence-corrected chi connectivity index (χ1v) is 8.14. The molecular weight excluding hydrogens is 272 g/mol. The Morgan fingerprint density at radius 1 is 1.20 bits per heavy atom. The monoisotopic (exact) mass is 298 g/mol. The summed E-state index contributed by atoms with van der Waals surface area (Å²) in [6.45, 7) is 0. The topological polar surface area (TPSA) is 64.3 Å². The van der Waals surface area contributed by atoms with Crippen LogP contribution in [0, 0.1) is 5.41 Å². The Morgan fingerprint density at radius 3 is 2.40 bits per heavy atom. The van der Waals surface area contributed by atoms with Crippen LogP contribution in [0.5, 0.6) is 0 Å². The normalized spacial score (nSPS) is 29.6. The van der Waals surface area contributed by atoms with E-state index < -0.39 is 5.41 Å². The number of ether oxygens (including phenoxy) is 1. The van der Waals surface area contributed by atoms with Gasteiger partial charge in [0.15, 0.2) is 0 Å². The highest BCUT2D eigenvalue weighted by molar-refractivity contribution is 7.80. The molecule has 5 heteroatoms. The Bertz CT molecular complexity index is 365. The highest BCUT2D eigenvalue weighted by atomic mass is 32.1. The highest BCUT2D eigenvalue weighted by Gasteiger charge is 2.43. The highest BCUT2D eigenvalue weighted by Crippen LogP contribution is 2.36. The Hall–Kier alpha value is -0.680. The second-order valence-corrected chi connectivity index (χ2v) is 6.59. The average molecular weight is 298 g/mol. The summed E-state index contributed by atoms with van der Waals surface area (Å²) >= 11 is 5.25. The van der Waals surface area contributed by atoms with Crippen LogP contribution >= 0.6 is 12.2 Å². The van der Waals surface area contributed by atoms with Crippen molar-refractivity contribution in [3.05, 3.63) is 0 Å². The molecule has 0 heterocycles. The maximum Gasteiger partial charge on any atom is 0.233 e. The van der Waals surface area contributed by atoms with E-state index in [1.54, 1.807) is 7.11 Å². The minimum absolute atomic E-state index is 0.0286. The van der Waals surface area contributed by atoms with Crippen LogP contribution < -0.4 is 11.1 Å². The molecule has 0 bridgehead atoms. The van der Waals surface area contributed by atoms with Gasteiger partial charge in [0.1, 0.15) is 0 Å². The lowest BCUT2D eigenvalue weighted by Gasteiger charge is -2.32. The van der Waals surface area contributed by atoms with E-state index in [9.17, 15) is 4.79 Å². The molecule has 0 aromatic carbocycles. The van der Waals surface area contributed by atoms with Gasteiger partial charge < -0.3 is 15.8 Å². The van der Waals surface area contributed by atoms with E-state index in [1.807, 2.05) is 0 Å². The molecule has 4 nitrogen and oxygen atoms in total. The number of thiocarbonyl (C=S) groups is 1. The van der Waals surface area contributed by atoms with Gasteiger partial charge in [-0.1, -0.05) is 37.9 Å². The van der Waals surface area contributed by atoms with Crippen molar-refractivity contribution in [1.29, 1.82) is 0 Å². The van der Waals surface area contributed by atoms with E-state index in [-0.39, 0.29) is 18.1 Å². The summed E-state index contributed by atoms with van der Waals surface area (Å²) in [6.07, 6.45) is 9.21. The summed E-state index contributed by atoms with van der Waals surface area (Å²) in [6, 6.07) is 0.113. The number of methoxy groups -OCH3 is 1. The van der Waals surface area contributed by atoms with Gasteiger partial charge in [0, 0.05) is 7.11 Å². The van der Waals surface area contributed by atoms with Crippen molar-refractivity contribution >= 4 is 23.1 Å². The summed E-state index contributed by atoms with van der Waals surface area (Å²) in [5, 5.41) is 3.17. The number of carbonyl (C=O) groups is 1. The fourth-order valence-electron chi connectivity index (χ4n) is 3.60. The summed E-state index contributed by atoms with van der Waals surface area (Å²) in [5.41, 5.74) is 5.32. The van der Waals surface area contributed by atoms with Crippen molar-refractivity contribution in [2.24, 2.45) is 11.1 Å². The van der Waals surface area contributed by atoms with E-state index in [1.165, 1.54) is 12.8 Å². The van der Waals surface area contributed by atoms with Gasteiger partial charge in [-0.05, 0) is 32.1 Å². The van der Waals surface area contributed by atoms with Crippen LogP contribution in [0.25, 0.3) is 0 Å². The van der Waals surface area contributed by atoms with Crippen LogP contribution in [0.1, 0.15) is 57.8 Å². The molecule has 2 fully saturated rings. The number of hydrogen-bond donors (Lipinski definition) is 2. The van der Waals surface area contributed by atoms with E-state index in [4.69, 9.17) is 22.7 Å². The molecule has 2 saturated carbocycles. The minimum atomic E-state index is -0.632. The molecule has 2 atom stereocenters. The van der Waals surface area contributed by atoms with Crippen LogP contribution in [0.3, 0.4) is 0 Å². The molecule has 3 N–H and O–H groups in total. The zero-order chi connectivity index (χ0) is 14.6. The predicted molar refractivity (Wildman–Crippen MR) is 83.5 cm³/mol. The molecule has 0 radical (unpaired) electrons. The zero-order valence-corrected chi connectivity index (χ0v) is 13.1. The van der Waals surface area contributed by atoms with Gasteiger partial charge in [0.05, 0.1) is 22.5 Å². The van der Waals surface area contributed by atoms with E-state index in [0.717, 1.165) is 44.9 Å². The Labute approximate surface area is 126 Å². The standard InChI is InChI=1S/C15H26N2O2S/c1-19-12-8-6-7-11(12)17-14(18)15(13(16)20)9-4-2-3-5-10-15/h11-12H,2-10H2,1H3,(H2,16,20)(H,17,18). The molecule has 0 aromatic rings. The van der Waals surface area contributed by atoms with Gasteiger partial charge in [-0.25, -0.2) is 0 Å². The smallest absolute Gasteiger partial charge is 0.233 e. The fraction of sp³-hybridized carbons (Fsp3) is 0.867. The van der Waals surface area contributed by atoms with Crippen molar-refractivity contribution in [3.8, 4) is 0 Å². The van der Waals surface area contributed by atoms with Gasteiger partial charge in [-0.3, -0.25) is 4.79 Å². The maximum absolute atomic E-state index is 12.8. The van der Waals surface area contributed by atoms with Gasteiger partial charge >= 0.3 is 0 Å². The van der Waals surface area contributed by atoms with Crippen molar-refractivity contribution in [3.63, 3.8) is 0 Å². The summed E-state index contributed by atoms with van der Waals surface area (Å²) in [5.74, 6) is 0.0286. The van der Waals surface area contributed by atoms with Gasteiger partial charge in [-0.15, -0.1) is 0 Å². The summed E-state index contributed by atoms with van der Waals surface area (Å²) in [4.78, 5) is 13.2. The molecular formula is C15H26N2O2S. The van der Waals surface area contributed by atoms with Crippen LogP contribution in [-0.4, -0.2) is 30.2 Å². The van der Waals surface area contributed by atoms with Crippen molar-refractivity contribution in [2.45, 2.75) is 69.9 Å². The SMILES string of the molecule is COC1CCCC1NC(=O)C1(C(N)=S)CCCCCC1. The van der Waals surface area contributed by atoms with E-state index >= 15 is 0 Å². The molecule has 20 heavy (non-hydrogen) atoms. The van der Waals surface area contributed by atoms with Crippen molar-refractivity contribution in [1.82, 2.24) is 5.32 Å². The third-order valence-electron chi connectivity index (χ3n) is 4.94. The fourth-order valence-corrected chi connectivity index (χ4v) is 3.89. The lowest BCUT2D eigenvalue weighted by atomic mass is 9.79. The molecule has 0 aliphatic heterocycles. The first-order valence-electron chi connectivity index (χ1n) is 7.74. The average Bonchev–Trinajstić information content (AvgIpc) is 2.72. The number of hydrogen-bond acceptors (Lipinski definition) is 3. The molecule has 2 rings (SSSR count). The van der Waals surface area contributed by atoms with E-state index in [0.29, 0.717) is 4.99 Å². The largest absolute Gasteiger partial charge is 0.392 e. The molecule has 2 aliphatic carbocycles. The van der Waals surface area contributed by atoms with Crippen LogP contribution in [-0.2, 0) is 9.53 Å². The number of nitrogens with two attached hydrogens (primary N) is 1. The van der Waals surface area contributed by atoms with Gasteiger partial charge in [0.25, 0.3) is 0 Å². The van der Waals surface area contributed by atoms with Crippen molar-refractivity contribution < 1.29 is 9.53 Å². The van der Waals surface area contributed by atoms with Gasteiger partial charge in [-0.2, -0.15) is 0 Å². The van der Waals surface area contributed by atoms with E-state index in [2.05, 4.69) is 5.32 Å².